The SMILES string of the molecule is CC(C)Oc1ccccc1NCc1cnn(CCO)c1. The van der Waals surface area contributed by atoms with Crippen molar-refractivity contribution in [1.29, 1.82) is 0 Å². The lowest BCUT2D eigenvalue weighted by Crippen LogP contribution is -2.08. The fourth-order valence-electron chi connectivity index (χ4n) is 1.89. The minimum Gasteiger partial charge on any atom is -0.489 e. The van der Waals surface area contributed by atoms with Crippen molar-refractivity contribution in [3.63, 3.8) is 0 Å². The van der Waals surface area contributed by atoms with Gasteiger partial charge in [-0.15, -0.1) is 0 Å². The summed E-state index contributed by atoms with van der Waals surface area (Å²) in [6, 6.07) is 7.89. The van der Waals surface area contributed by atoms with Crippen LogP contribution in [0.2, 0.25) is 0 Å². The Kier molecular flexibility index (Phi) is 5.01. The number of hydrogen-bond acceptors (Lipinski definition) is 4. The van der Waals surface area contributed by atoms with Crippen LogP contribution in [-0.2, 0) is 13.1 Å². The summed E-state index contributed by atoms with van der Waals surface area (Å²) in [4.78, 5) is 0. The summed E-state index contributed by atoms with van der Waals surface area (Å²) >= 11 is 0. The molecule has 2 rings (SSSR count). The van der Waals surface area contributed by atoms with Crippen molar-refractivity contribution < 1.29 is 9.84 Å². The largest absolute Gasteiger partial charge is 0.489 e. The summed E-state index contributed by atoms with van der Waals surface area (Å²) in [7, 11) is 0. The van der Waals surface area contributed by atoms with Gasteiger partial charge in [0.2, 0.25) is 0 Å². The van der Waals surface area contributed by atoms with E-state index in [1.54, 1.807) is 10.9 Å². The highest BCUT2D eigenvalue weighted by atomic mass is 16.5. The van der Waals surface area contributed by atoms with Gasteiger partial charge in [-0.25, -0.2) is 0 Å². The molecule has 0 saturated carbocycles. The molecular weight excluding hydrogens is 254 g/mol. The fraction of sp³-hybridized carbons (Fsp3) is 0.400. The van der Waals surface area contributed by atoms with Gasteiger partial charge in [-0.05, 0) is 26.0 Å². The molecule has 5 nitrogen and oxygen atoms in total. The number of para-hydroxylation sites is 2. The van der Waals surface area contributed by atoms with Crippen LogP contribution in [0, 0.1) is 0 Å². The molecule has 5 heteroatoms. The van der Waals surface area contributed by atoms with Gasteiger partial charge < -0.3 is 15.2 Å². The highest BCUT2D eigenvalue weighted by molar-refractivity contribution is 5.56. The summed E-state index contributed by atoms with van der Waals surface area (Å²) in [5, 5.41) is 16.4. The van der Waals surface area contributed by atoms with Crippen LogP contribution in [0.4, 0.5) is 5.69 Å². The van der Waals surface area contributed by atoms with E-state index in [0.717, 1.165) is 17.0 Å². The van der Waals surface area contributed by atoms with E-state index >= 15 is 0 Å². The van der Waals surface area contributed by atoms with E-state index in [1.807, 2.05) is 44.3 Å². The van der Waals surface area contributed by atoms with Crippen LogP contribution in [0.1, 0.15) is 19.4 Å². The van der Waals surface area contributed by atoms with E-state index in [2.05, 4.69) is 10.4 Å². The molecule has 20 heavy (non-hydrogen) atoms. The molecule has 0 amide bonds. The Morgan fingerprint density at radius 3 is 2.90 bits per heavy atom. The molecule has 1 heterocycles. The van der Waals surface area contributed by atoms with Crippen LogP contribution >= 0.6 is 0 Å². The third-order valence-electron chi connectivity index (χ3n) is 2.75. The molecule has 0 unspecified atom stereocenters. The van der Waals surface area contributed by atoms with Gasteiger partial charge in [0.1, 0.15) is 5.75 Å². The smallest absolute Gasteiger partial charge is 0.142 e. The van der Waals surface area contributed by atoms with Gasteiger partial charge in [0, 0.05) is 18.3 Å². The van der Waals surface area contributed by atoms with Crippen molar-refractivity contribution in [1.82, 2.24) is 9.78 Å². The van der Waals surface area contributed by atoms with Crippen molar-refractivity contribution in [3.05, 3.63) is 42.2 Å². The number of rotatable bonds is 7. The molecule has 0 aliphatic heterocycles. The highest BCUT2D eigenvalue weighted by Crippen LogP contribution is 2.25. The highest BCUT2D eigenvalue weighted by Gasteiger charge is 2.05. The first-order chi connectivity index (χ1) is 9.69. The van der Waals surface area contributed by atoms with Crippen LogP contribution in [-0.4, -0.2) is 27.6 Å². The molecule has 0 spiro atoms. The molecule has 0 atom stereocenters. The summed E-state index contributed by atoms with van der Waals surface area (Å²) < 4.78 is 7.49. The van der Waals surface area contributed by atoms with Crippen molar-refractivity contribution >= 4 is 5.69 Å². The maximum atomic E-state index is 8.86. The molecule has 2 aromatic rings. The predicted molar refractivity (Wildman–Crippen MR) is 78.8 cm³/mol. The van der Waals surface area contributed by atoms with Gasteiger partial charge in [-0.1, -0.05) is 12.1 Å². The molecule has 0 saturated heterocycles. The maximum absolute atomic E-state index is 8.86. The summed E-state index contributed by atoms with van der Waals surface area (Å²) in [5.41, 5.74) is 2.04. The Morgan fingerprint density at radius 1 is 1.35 bits per heavy atom. The predicted octanol–water partition coefficient (Wildman–Crippen LogP) is 2.27. The minimum absolute atomic E-state index is 0.0968. The normalized spacial score (nSPS) is 10.8. The first-order valence-corrected chi connectivity index (χ1v) is 6.81. The number of ether oxygens (including phenoxy) is 1. The van der Waals surface area contributed by atoms with E-state index < -0.39 is 0 Å². The molecule has 0 fully saturated rings. The van der Waals surface area contributed by atoms with Crippen molar-refractivity contribution in [2.75, 3.05) is 11.9 Å². The van der Waals surface area contributed by atoms with E-state index in [9.17, 15) is 0 Å². The Balaban J connectivity index is 1.99. The summed E-state index contributed by atoms with van der Waals surface area (Å²) in [6.07, 6.45) is 3.87. The topological polar surface area (TPSA) is 59.3 Å². The van der Waals surface area contributed by atoms with Crippen molar-refractivity contribution in [2.45, 2.75) is 33.0 Å². The maximum Gasteiger partial charge on any atom is 0.142 e. The summed E-state index contributed by atoms with van der Waals surface area (Å²) in [6.45, 7) is 5.31. The Bertz CT molecular complexity index is 537. The second-order valence-corrected chi connectivity index (χ2v) is 4.85. The summed E-state index contributed by atoms with van der Waals surface area (Å²) in [5.74, 6) is 0.852. The van der Waals surface area contributed by atoms with Gasteiger partial charge in [0.25, 0.3) is 0 Å². The van der Waals surface area contributed by atoms with Crippen LogP contribution in [0.15, 0.2) is 36.7 Å². The molecule has 0 bridgehead atoms. The van der Waals surface area contributed by atoms with E-state index in [0.29, 0.717) is 13.1 Å². The lowest BCUT2D eigenvalue weighted by atomic mass is 10.2. The zero-order valence-corrected chi connectivity index (χ0v) is 11.9. The first-order valence-electron chi connectivity index (χ1n) is 6.81. The number of hydrogen-bond donors (Lipinski definition) is 2. The molecule has 0 radical (unpaired) electrons. The van der Waals surface area contributed by atoms with E-state index in [-0.39, 0.29) is 12.7 Å². The van der Waals surface area contributed by atoms with Gasteiger partial charge >= 0.3 is 0 Å². The number of aliphatic hydroxyl groups is 1. The Labute approximate surface area is 119 Å². The average Bonchev–Trinajstić information content (AvgIpc) is 2.85. The molecule has 1 aromatic carbocycles. The van der Waals surface area contributed by atoms with Gasteiger partial charge in [0.05, 0.1) is 31.1 Å². The number of aromatic nitrogens is 2. The molecule has 0 aliphatic carbocycles. The van der Waals surface area contributed by atoms with Crippen LogP contribution in [0.25, 0.3) is 0 Å². The zero-order chi connectivity index (χ0) is 14.4. The molecule has 1 aromatic heterocycles. The van der Waals surface area contributed by atoms with E-state index in [4.69, 9.17) is 9.84 Å². The van der Waals surface area contributed by atoms with Crippen molar-refractivity contribution in [2.24, 2.45) is 0 Å². The standard InChI is InChI=1S/C15H21N3O2/c1-12(2)20-15-6-4-3-5-14(15)16-9-13-10-17-18(11-13)7-8-19/h3-6,10-12,16,19H,7-9H2,1-2H3. The zero-order valence-electron chi connectivity index (χ0n) is 11.9. The lowest BCUT2D eigenvalue weighted by Gasteiger charge is -2.15. The third kappa shape index (κ3) is 3.99. The molecule has 0 aliphatic rings. The van der Waals surface area contributed by atoms with Crippen LogP contribution in [0.3, 0.4) is 0 Å². The minimum atomic E-state index is 0.0968. The fourth-order valence-corrected chi connectivity index (χ4v) is 1.89. The second-order valence-electron chi connectivity index (χ2n) is 4.85. The number of aliphatic hydroxyl groups excluding tert-OH is 1. The molecular formula is C15H21N3O2. The quantitative estimate of drug-likeness (QED) is 0.814. The number of anilines is 1. The van der Waals surface area contributed by atoms with Gasteiger partial charge in [-0.2, -0.15) is 5.10 Å². The third-order valence-corrected chi connectivity index (χ3v) is 2.75. The van der Waals surface area contributed by atoms with Crippen molar-refractivity contribution in [3.8, 4) is 5.75 Å². The first kappa shape index (κ1) is 14.4. The lowest BCUT2D eigenvalue weighted by molar-refractivity contribution is 0.243. The number of nitrogens with zero attached hydrogens (tertiary/aromatic N) is 2. The van der Waals surface area contributed by atoms with Gasteiger partial charge in [0.15, 0.2) is 0 Å². The van der Waals surface area contributed by atoms with Gasteiger partial charge in [-0.3, -0.25) is 4.68 Å². The van der Waals surface area contributed by atoms with E-state index in [1.165, 1.54) is 0 Å². The number of benzene rings is 1. The molecule has 108 valence electrons. The Morgan fingerprint density at radius 2 is 2.15 bits per heavy atom. The number of nitrogens with one attached hydrogen (secondary N) is 1. The van der Waals surface area contributed by atoms with Crippen LogP contribution < -0.4 is 10.1 Å². The monoisotopic (exact) mass is 275 g/mol. The molecule has 2 N–H and O–H groups in total. The average molecular weight is 275 g/mol. The van der Waals surface area contributed by atoms with Crippen LogP contribution in [0.5, 0.6) is 5.75 Å². The Hall–Kier alpha value is -2.01. The second kappa shape index (κ2) is 6.96.